The van der Waals surface area contributed by atoms with E-state index in [2.05, 4.69) is 31.3 Å². The van der Waals surface area contributed by atoms with E-state index in [0.29, 0.717) is 19.3 Å². The number of amides is 1. The van der Waals surface area contributed by atoms with Gasteiger partial charge >= 0.3 is 0 Å². The molecule has 3 rings (SSSR count). The van der Waals surface area contributed by atoms with E-state index >= 15 is 0 Å². The van der Waals surface area contributed by atoms with Gasteiger partial charge in [-0.2, -0.15) is 0 Å². The smallest absolute Gasteiger partial charge is 0.220 e. The average Bonchev–Trinajstić information content (AvgIpc) is 3.35. The second kappa shape index (κ2) is 36.5. The fourth-order valence-corrected chi connectivity index (χ4v) is 9.31. The molecule has 0 saturated carbocycles. The van der Waals surface area contributed by atoms with Crippen LogP contribution in [0.2, 0.25) is 0 Å². The second-order valence-corrected chi connectivity index (χ2v) is 19.7. The average molecular weight is 1010 g/mol. The second-order valence-electron chi connectivity index (χ2n) is 19.7. The summed E-state index contributed by atoms with van der Waals surface area (Å²) in [5.41, 5.74) is 0. The lowest BCUT2D eigenvalue weighted by molar-refractivity contribution is -0.379. The molecule has 19 nitrogen and oxygen atoms in total. The van der Waals surface area contributed by atoms with Crippen LogP contribution in [-0.4, -0.2) is 193 Å². The normalized spacial score (nSPS) is 32.6. The molecule has 1 amide bonds. The van der Waals surface area contributed by atoms with Gasteiger partial charge in [-0.25, -0.2) is 0 Å². The largest absolute Gasteiger partial charge is 0.394 e. The molecule has 3 saturated heterocycles. The third-order valence-corrected chi connectivity index (χ3v) is 13.8. The van der Waals surface area contributed by atoms with Crippen molar-refractivity contribution in [3.63, 3.8) is 0 Å². The number of rotatable bonds is 38. The minimum atomic E-state index is -1.97. The van der Waals surface area contributed by atoms with E-state index in [9.17, 15) is 61.0 Å². The molecule has 412 valence electrons. The Labute approximate surface area is 416 Å². The minimum Gasteiger partial charge on any atom is -0.394 e. The molecule has 0 aromatic carbocycles. The lowest BCUT2D eigenvalue weighted by atomic mass is 9.96. The Morgan fingerprint density at radius 1 is 0.500 bits per heavy atom. The van der Waals surface area contributed by atoms with Crippen molar-refractivity contribution < 1.29 is 89.4 Å². The lowest BCUT2D eigenvalue weighted by Gasteiger charge is -2.48. The van der Waals surface area contributed by atoms with Gasteiger partial charge in [-0.3, -0.25) is 4.79 Å². The predicted molar refractivity (Wildman–Crippen MR) is 259 cm³/mol. The summed E-state index contributed by atoms with van der Waals surface area (Å²) in [4.78, 5) is 13.1. The molecule has 0 radical (unpaired) electrons. The van der Waals surface area contributed by atoms with Crippen molar-refractivity contribution in [1.29, 1.82) is 0 Å². The first-order valence-electron chi connectivity index (χ1n) is 26.9. The van der Waals surface area contributed by atoms with Crippen molar-refractivity contribution in [2.45, 2.75) is 279 Å². The molecule has 19 heteroatoms. The SMILES string of the molecule is CCCCCCCCCC/C=C\CCCCCCCCCCCC(=O)NC(COC1OC(CO)C(OC2OC(CO)C(OC3OC(CO)C(O)C(O)C3O)C(O)C2O)C(O)C1O)C(O)CCCCCC. The van der Waals surface area contributed by atoms with Crippen LogP contribution in [-0.2, 0) is 33.2 Å². The maximum Gasteiger partial charge on any atom is 0.220 e. The van der Waals surface area contributed by atoms with Crippen molar-refractivity contribution >= 4 is 5.91 Å². The van der Waals surface area contributed by atoms with E-state index in [0.717, 1.165) is 44.9 Å². The van der Waals surface area contributed by atoms with Gasteiger partial charge < -0.3 is 89.9 Å². The Morgan fingerprint density at radius 2 is 0.900 bits per heavy atom. The molecule has 3 fully saturated rings. The number of hydrogen-bond donors (Lipinski definition) is 12. The van der Waals surface area contributed by atoms with E-state index in [1.54, 1.807) is 0 Å². The number of carbonyl (C=O) groups excluding carboxylic acids is 1. The maximum absolute atomic E-state index is 13.1. The number of hydrogen-bond acceptors (Lipinski definition) is 18. The van der Waals surface area contributed by atoms with E-state index in [1.165, 1.54) is 89.9 Å². The topological polar surface area (TPSA) is 307 Å². The molecule has 0 aromatic heterocycles. The Balaban J connectivity index is 1.41. The van der Waals surface area contributed by atoms with Crippen molar-refractivity contribution in [3.8, 4) is 0 Å². The van der Waals surface area contributed by atoms with Gasteiger partial charge in [-0.15, -0.1) is 0 Å². The fraction of sp³-hybridized carbons (Fsp3) is 0.941. The minimum absolute atomic E-state index is 0.254. The third-order valence-electron chi connectivity index (χ3n) is 13.8. The van der Waals surface area contributed by atoms with Crippen molar-refractivity contribution in [1.82, 2.24) is 5.32 Å². The van der Waals surface area contributed by atoms with Crippen LogP contribution in [0.25, 0.3) is 0 Å². The van der Waals surface area contributed by atoms with E-state index in [4.69, 9.17) is 28.4 Å². The van der Waals surface area contributed by atoms with Crippen LogP contribution in [0.4, 0.5) is 0 Å². The van der Waals surface area contributed by atoms with Gasteiger partial charge in [0.15, 0.2) is 18.9 Å². The van der Waals surface area contributed by atoms with Gasteiger partial charge in [0.2, 0.25) is 5.91 Å². The zero-order valence-corrected chi connectivity index (χ0v) is 42.3. The van der Waals surface area contributed by atoms with E-state index in [-0.39, 0.29) is 18.9 Å². The van der Waals surface area contributed by atoms with Crippen LogP contribution in [0, 0.1) is 0 Å². The van der Waals surface area contributed by atoms with Crippen molar-refractivity contribution in [2.75, 3.05) is 26.4 Å². The Hall–Kier alpha value is -1.47. The summed E-state index contributed by atoms with van der Waals surface area (Å²) in [6.45, 7) is 1.63. The molecule has 0 spiro atoms. The van der Waals surface area contributed by atoms with Crippen LogP contribution in [0.1, 0.15) is 174 Å². The summed E-state index contributed by atoms with van der Waals surface area (Å²) in [6.07, 6.45) is 5.53. The van der Waals surface area contributed by atoms with Crippen molar-refractivity contribution in [2.24, 2.45) is 0 Å². The van der Waals surface area contributed by atoms with Gasteiger partial charge in [-0.05, 0) is 38.5 Å². The summed E-state index contributed by atoms with van der Waals surface area (Å²) in [7, 11) is 0. The van der Waals surface area contributed by atoms with E-state index < -0.39 is 124 Å². The van der Waals surface area contributed by atoms with Crippen LogP contribution >= 0.6 is 0 Å². The number of unbranched alkanes of at least 4 members (excludes halogenated alkanes) is 20. The van der Waals surface area contributed by atoms with Gasteiger partial charge in [0.25, 0.3) is 0 Å². The Kier molecular flexibility index (Phi) is 32.7. The molecule has 17 atom stereocenters. The summed E-state index contributed by atoms with van der Waals surface area (Å²) >= 11 is 0. The fourth-order valence-electron chi connectivity index (χ4n) is 9.31. The van der Waals surface area contributed by atoms with Crippen LogP contribution in [0.3, 0.4) is 0 Å². The maximum atomic E-state index is 13.1. The molecule has 70 heavy (non-hydrogen) atoms. The molecule has 3 aliphatic rings. The molecule has 3 aliphatic heterocycles. The highest BCUT2D eigenvalue weighted by atomic mass is 16.8. The van der Waals surface area contributed by atoms with Gasteiger partial charge in [0, 0.05) is 6.42 Å². The number of ether oxygens (including phenoxy) is 6. The van der Waals surface area contributed by atoms with E-state index in [1.807, 2.05) is 0 Å². The number of aliphatic hydroxyl groups is 11. The zero-order valence-electron chi connectivity index (χ0n) is 42.3. The summed E-state index contributed by atoms with van der Waals surface area (Å²) in [5, 5.41) is 119. The third kappa shape index (κ3) is 21.8. The van der Waals surface area contributed by atoms with Crippen LogP contribution in [0.15, 0.2) is 12.2 Å². The van der Waals surface area contributed by atoms with Crippen LogP contribution in [0.5, 0.6) is 0 Å². The highest BCUT2D eigenvalue weighted by molar-refractivity contribution is 5.76. The first-order valence-corrected chi connectivity index (χ1v) is 26.9. The predicted octanol–water partition coefficient (Wildman–Crippen LogP) is 2.65. The Bertz CT molecular complexity index is 1350. The molecule has 0 bridgehead atoms. The zero-order chi connectivity index (χ0) is 51.3. The highest BCUT2D eigenvalue weighted by Crippen LogP contribution is 2.33. The molecule has 17 unspecified atom stereocenters. The van der Waals surface area contributed by atoms with Gasteiger partial charge in [0.05, 0.1) is 38.6 Å². The molecule has 0 aromatic rings. The first kappa shape index (κ1) is 62.8. The highest BCUT2D eigenvalue weighted by Gasteiger charge is 2.53. The molecule has 0 aliphatic carbocycles. The molecular formula is C51H95NO18. The molecular weight excluding hydrogens is 915 g/mol. The summed E-state index contributed by atoms with van der Waals surface area (Å²) in [5.74, 6) is -0.254. The standard InChI is InChI=1S/C51H95NO18/c1-3-5-7-9-10-11-12-13-14-15-16-17-18-19-20-21-22-23-24-25-27-29-39(57)52-34(35(56)28-26-8-6-4-2)33-65-49-45(63)42(60)47(37(31-54)67-49)70-51-46(64)43(61)48(38(32-55)68-51)69-50-44(62)41(59)40(58)36(30-53)66-50/h15-16,34-38,40-51,53-56,58-64H,3-14,17-33H2,1-2H3,(H,52,57)/b16-15-. The molecule has 3 heterocycles. The van der Waals surface area contributed by atoms with Crippen molar-refractivity contribution in [3.05, 3.63) is 12.2 Å². The number of carbonyl (C=O) groups is 1. The molecule has 12 N–H and O–H groups in total. The monoisotopic (exact) mass is 1010 g/mol. The van der Waals surface area contributed by atoms with Gasteiger partial charge in [0.1, 0.15) is 73.2 Å². The number of aliphatic hydroxyl groups excluding tert-OH is 11. The number of nitrogens with one attached hydrogen (secondary N) is 1. The van der Waals surface area contributed by atoms with Crippen LogP contribution < -0.4 is 5.32 Å². The lowest BCUT2D eigenvalue weighted by Crippen LogP contribution is -2.66. The summed E-state index contributed by atoms with van der Waals surface area (Å²) in [6, 6.07) is -0.880. The summed E-state index contributed by atoms with van der Waals surface area (Å²) < 4.78 is 34.0. The quantitative estimate of drug-likeness (QED) is 0.0313. The first-order chi connectivity index (χ1) is 33.8. The Morgan fingerprint density at radius 3 is 1.39 bits per heavy atom. The number of allylic oxidation sites excluding steroid dienone is 2. The van der Waals surface area contributed by atoms with Gasteiger partial charge in [-0.1, -0.05) is 142 Å².